The maximum absolute atomic E-state index is 13.1. The van der Waals surface area contributed by atoms with Gasteiger partial charge in [0.15, 0.2) is 6.61 Å². The van der Waals surface area contributed by atoms with Crippen LogP contribution in [0, 0.1) is 5.82 Å². The number of carbonyl (C=O) groups excluding carboxylic acids is 1. The molecule has 3 aromatic carbocycles. The molecule has 0 aliphatic heterocycles. The van der Waals surface area contributed by atoms with E-state index in [2.05, 4.69) is 5.32 Å². The second-order valence-corrected chi connectivity index (χ2v) is 6.85. The Morgan fingerprint density at radius 3 is 2.54 bits per heavy atom. The van der Waals surface area contributed by atoms with Gasteiger partial charge in [-0.3, -0.25) is 4.79 Å². The van der Waals surface area contributed by atoms with E-state index in [1.165, 1.54) is 18.2 Å². The summed E-state index contributed by atoms with van der Waals surface area (Å²) in [5, 5.41) is 2.79. The lowest BCUT2D eigenvalue weighted by Crippen LogP contribution is -2.20. The number of nitrogens with one attached hydrogen (secondary N) is 1. The lowest BCUT2D eigenvalue weighted by atomic mass is 10.3. The number of rotatable bonds is 6. The molecule has 0 unspecified atom stereocenters. The van der Waals surface area contributed by atoms with Crippen molar-refractivity contribution in [1.29, 1.82) is 0 Å². The van der Waals surface area contributed by atoms with Gasteiger partial charge in [0.2, 0.25) is 0 Å². The van der Waals surface area contributed by atoms with Crippen molar-refractivity contribution in [1.82, 2.24) is 0 Å². The Balaban J connectivity index is 1.63. The van der Waals surface area contributed by atoms with Crippen molar-refractivity contribution < 1.29 is 13.9 Å². The molecular weight excluding hydrogens is 373 g/mol. The molecule has 0 radical (unpaired) electrons. The quantitative estimate of drug-likeness (QED) is 0.594. The van der Waals surface area contributed by atoms with E-state index in [1.54, 1.807) is 11.8 Å². The van der Waals surface area contributed by atoms with Crippen LogP contribution >= 0.6 is 23.4 Å². The molecule has 3 rings (SSSR count). The van der Waals surface area contributed by atoms with Crippen LogP contribution in [0.2, 0.25) is 5.02 Å². The molecular formula is C20H15ClFNO2S. The summed E-state index contributed by atoms with van der Waals surface area (Å²) in [6.45, 7) is -0.202. The van der Waals surface area contributed by atoms with E-state index in [1.807, 2.05) is 54.6 Å². The zero-order valence-corrected chi connectivity index (χ0v) is 15.2. The zero-order chi connectivity index (χ0) is 18.4. The Hall–Kier alpha value is -2.50. The first-order valence-electron chi connectivity index (χ1n) is 7.81. The lowest BCUT2D eigenvalue weighted by Gasteiger charge is -2.11. The molecule has 1 N–H and O–H groups in total. The van der Waals surface area contributed by atoms with Crippen LogP contribution in [-0.4, -0.2) is 12.5 Å². The third-order valence-corrected chi connectivity index (χ3v) is 4.77. The molecule has 0 heterocycles. The molecule has 132 valence electrons. The Labute approximate surface area is 160 Å². The molecule has 3 aromatic rings. The molecule has 0 aliphatic carbocycles. The highest BCUT2D eigenvalue weighted by molar-refractivity contribution is 7.99. The molecule has 26 heavy (non-hydrogen) atoms. The first kappa shape index (κ1) is 18.3. The minimum atomic E-state index is -0.532. The minimum absolute atomic E-state index is 0.0486. The van der Waals surface area contributed by atoms with Gasteiger partial charge in [-0.15, -0.1) is 0 Å². The van der Waals surface area contributed by atoms with Crippen molar-refractivity contribution in [2.24, 2.45) is 0 Å². The van der Waals surface area contributed by atoms with Crippen molar-refractivity contribution >= 4 is 35.0 Å². The SMILES string of the molecule is O=C(COc1ccc(F)c(Cl)c1)Nc1ccccc1Sc1ccccc1. The predicted molar refractivity (Wildman–Crippen MR) is 103 cm³/mol. The maximum atomic E-state index is 13.1. The fourth-order valence-corrected chi connectivity index (χ4v) is 3.27. The van der Waals surface area contributed by atoms with Gasteiger partial charge >= 0.3 is 0 Å². The van der Waals surface area contributed by atoms with E-state index in [4.69, 9.17) is 16.3 Å². The first-order valence-corrected chi connectivity index (χ1v) is 9.01. The summed E-state index contributed by atoms with van der Waals surface area (Å²) in [5.41, 5.74) is 0.701. The van der Waals surface area contributed by atoms with Crippen LogP contribution in [0.15, 0.2) is 82.6 Å². The van der Waals surface area contributed by atoms with Gasteiger partial charge < -0.3 is 10.1 Å². The average Bonchev–Trinajstić information content (AvgIpc) is 2.65. The highest BCUT2D eigenvalue weighted by Crippen LogP contribution is 2.33. The van der Waals surface area contributed by atoms with Crippen LogP contribution in [-0.2, 0) is 4.79 Å². The second kappa shape index (κ2) is 8.74. The summed E-state index contributed by atoms with van der Waals surface area (Å²) in [7, 11) is 0. The fraction of sp³-hybridized carbons (Fsp3) is 0.0500. The smallest absolute Gasteiger partial charge is 0.262 e. The van der Waals surface area contributed by atoms with Crippen LogP contribution in [0.4, 0.5) is 10.1 Å². The van der Waals surface area contributed by atoms with E-state index in [-0.39, 0.29) is 17.5 Å². The fourth-order valence-electron chi connectivity index (χ4n) is 2.18. The molecule has 0 spiro atoms. The van der Waals surface area contributed by atoms with E-state index in [9.17, 15) is 9.18 Å². The topological polar surface area (TPSA) is 38.3 Å². The number of benzene rings is 3. The summed E-state index contributed by atoms with van der Waals surface area (Å²) in [4.78, 5) is 14.2. The van der Waals surface area contributed by atoms with Crippen molar-refractivity contribution in [3.05, 3.63) is 83.6 Å². The van der Waals surface area contributed by atoms with Gasteiger partial charge in [0, 0.05) is 15.9 Å². The second-order valence-electron chi connectivity index (χ2n) is 5.32. The van der Waals surface area contributed by atoms with Gasteiger partial charge in [0.05, 0.1) is 10.7 Å². The molecule has 1 amide bonds. The molecule has 3 nitrogen and oxygen atoms in total. The number of amides is 1. The number of para-hydroxylation sites is 1. The lowest BCUT2D eigenvalue weighted by molar-refractivity contribution is -0.118. The predicted octanol–water partition coefficient (Wildman–Crippen LogP) is 5.65. The van der Waals surface area contributed by atoms with E-state index >= 15 is 0 Å². The number of hydrogen-bond acceptors (Lipinski definition) is 3. The number of halogens is 2. The molecule has 0 saturated heterocycles. The van der Waals surface area contributed by atoms with Crippen molar-refractivity contribution in [2.75, 3.05) is 11.9 Å². The van der Waals surface area contributed by atoms with Crippen LogP contribution in [0.5, 0.6) is 5.75 Å². The Bertz CT molecular complexity index is 905. The van der Waals surface area contributed by atoms with E-state index in [0.29, 0.717) is 11.4 Å². The van der Waals surface area contributed by atoms with Gasteiger partial charge in [-0.25, -0.2) is 4.39 Å². The monoisotopic (exact) mass is 387 g/mol. The summed E-state index contributed by atoms with van der Waals surface area (Å²) < 4.78 is 18.5. The minimum Gasteiger partial charge on any atom is -0.484 e. The standard InChI is InChI=1S/C20H15ClFNO2S/c21-16-12-14(10-11-17(16)22)25-13-20(24)23-18-8-4-5-9-19(18)26-15-6-2-1-3-7-15/h1-12H,13H2,(H,23,24). The zero-order valence-electron chi connectivity index (χ0n) is 13.6. The summed E-state index contributed by atoms with van der Waals surface area (Å²) in [6.07, 6.45) is 0. The summed E-state index contributed by atoms with van der Waals surface area (Å²) in [5.74, 6) is -0.514. The number of anilines is 1. The first-order chi connectivity index (χ1) is 12.6. The number of hydrogen-bond donors (Lipinski definition) is 1. The van der Waals surface area contributed by atoms with Crippen LogP contribution < -0.4 is 10.1 Å². The van der Waals surface area contributed by atoms with Crippen LogP contribution in [0.25, 0.3) is 0 Å². The number of ether oxygens (including phenoxy) is 1. The molecule has 0 saturated carbocycles. The van der Waals surface area contributed by atoms with Gasteiger partial charge in [-0.05, 0) is 36.4 Å². The molecule has 0 bridgehead atoms. The van der Waals surface area contributed by atoms with Crippen LogP contribution in [0.3, 0.4) is 0 Å². The molecule has 0 fully saturated rings. The summed E-state index contributed by atoms with van der Waals surface area (Å²) >= 11 is 7.26. The number of carbonyl (C=O) groups is 1. The molecule has 6 heteroatoms. The van der Waals surface area contributed by atoms with Gasteiger partial charge in [0.25, 0.3) is 5.91 Å². The van der Waals surface area contributed by atoms with Crippen molar-refractivity contribution in [3.63, 3.8) is 0 Å². The van der Waals surface area contributed by atoms with Crippen molar-refractivity contribution in [3.8, 4) is 5.75 Å². The third kappa shape index (κ3) is 5.00. The average molecular weight is 388 g/mol. The largest absolute Gasteiger partial charge is 0.484 e. The highest BCUT2D eigenvalue weighted by atomic mass is 35.5. The Morgan fingerprint density at radius 2 is 1.77 bits per heavy atom. The van der Waals surface area contributed by atoms with Crippen molar-refractivity contribution in [2.45, 2.75) is 9.79 Å². The van der Waals surface area contributed by atoms with E-state index < -0.39 is 5.82 Å². The highest BCUT2D eigenvalue weighted by Gasteiger charge is 2.09. The molecule has 0 atom stereocenters. The third-order valence-electron chi connectivity index (χ3n) is 3.39. The van der Waals surface area contributed by atoms with Gasteiger partial charge in [-0.1, -0.05) is 53.7 Å². The van der Waals surface area contributed by atoms with Gasteiger partial charge in [-0.2, -0.15) is 0 Å². The maximum Gasteiger partial charge on any atom is 0.262 e. The Morgan fingerprint density at radius 1 is 1.04 bits per heavy atom. The molecule has 0 aliphatic rings. The Kier molecular flexibility index (Phi) is 6.15. The summed E-state index contributed by atoms with van der Waals surface area (Å²) in [6, 6.07) is 21.4. The normalized spacial score (nSPS) is 10.4. The van der Waals surface area contributed by atoms with Gasteiger partial charge in [0.1, 0.15) is 11.6 Å². The molecule has 0 aromatic heterocycles. The van der Waals surface area contributed by atoms with E-state index in [0.717, 1.165) is 9.79 Å². The van der Waals surface area contributed by atoms with Crippen LogP contribution in [0.1, 0.15) is 0 Å².